The minimum atomic E-state index is -0.556. The van der Waals surface area contributed by atoms with Crippen molar-refractivity contribution in [2.24, 2.45) is 0 Å². The number of hydrogen-bond acceptors (Lipinski definition) is 3. The van der Waals surface area contributed by atoms with Crippen LogP contribution in [0.3, 0.4) is 0 Å². The minimum absolute atomic E-state index is 0.268. The molecule has 7 heteroatoms. The summed E-state index contributed by atoms with van der Waals surface area (Å²) in [6.45, 7) is 0. The topological polar surface area (TPSA) is 58.2 Å². The van der Waals surface area contributed by atoms with E-state index < -0.39 is 17.6 Å². The molecule has 0 bridgehead atoms. The van der Waals surface area contributed by atoms with Crippen LogP contribution in [0.4, 0.5) is 4.39 Å². The molecule has 0 spiro atoms. The van der Waals surface area contributed by atoms with Crippen molar-refractivity contribution in [1.29, 1.82) is 0 Å². The Morgan fingerprint density at radius 3 is 2.76 bits per heavy atom. The van der Waals surface area contributed by atoms with Crippen LogP contribution in [-0.4, -0.2) is 11.8 Å². The maximum atomic E-state index is 13.4. The van der Waals surface area contributed by atoms with Crippen LogP contribution >= 0.6 is 27.3 Å². The molecule has 1 aromatic heterocycles. The molecule has 0 aliphatic carbocycles. The Bertz CT molecular complexity index is 686. The average molecular weight is 369 g/mol. The van der Waals surface area contributed by atoms with Crippen molar-refractivity contribution in [3.8, 4) is 0 Å². The Morgan fingerprint density at radius 1 is 1.24 bits per heavy atom. The summed E-state index contributed by atoms with van der Waals surface area (Å²) >= 11 is 4.48. The fraction of sp³-hybridized carbons (Fsp3) is 0. The number of halogens is 2. The molecule has 0 unspecified atom stereocenters. The zero-order chi connectivity index (χ0) is 15.2. The molecular formula is C14H10BrFN2O2S. The quantitative estimate of drug-likeness (QED) is 0.645. The zero-order valence-electron chi connectivity index (χ0n) is 10.6. The molecule has 0 fully saturated rings. The van der Waals surface area contributed by atoms with Crippen LogP contribution < -0.4 is 10.9 Å². The number of carbonyl (C=O) groups is 2. The van der Waals surface area contributed by atoms with E-state index in [0.29, 0.717) is 9.35 Å². The van der Waals surface area contributed by atoms with Gasteiger partial charge in [0.1, 0.15) is 5.82 Å². The molecule has 0 saturated heterocycles. The molecule has 2 N–H and O–H groups in total. The molecule has 21 heavy (non-hydrogen) atoms. The van der Waals surface area contributed by atoms with Gasteiger partial charge in [-0.25, -0.2) is 4.39 Å². The Hall–Kier alpha value is -1.99. The number of thiophene rings is 1. The second-order valence-electron chi connectivity index (χ2n) is 3.92. The number of hydrazine groups is 1. The third kappa shape index (κ3) is 4.51. The Kier molecular flexibility index (Phi) is 5.24. The summed E-state index contributed by atoms with van der Waals surface area (Å²) in [5.74, 6) is -1.40. The van der Waals surface area contributed by atoms with Crippen molar-refractivity contribution in [2.45, 2.75) is 0 Å². The van der Waals surface area contributed by atoms with Crippen molar-refractivity contribution >= 4 is 45.2 Å². The SMILES string of the molecule is O=C(/C=C/c1cc(Br)ccc1F)NNC(=O)c1cccs1. The molecule has 108 valence electrons. The Labute approximate surface area is 132 Å². The lowest BCUT2D eigenvalue weighted by Gasteiger charge is -2.03. The highest BCUT2D eigenvalue weighted by Crippen LogP contribution is 2.16. The van der Waals surface area contributed by atoms with Crippen molar-refractivity contribution < 1.29 is 14.0 Å². The number of benzene rings is 1. The van der Waals surface area contributed by atoms with Crippen LogP contribution in [-0.2, 0) is 4.79 Å². The highest BCUT2D eigenvalue weighted by atomic mass is 79.9. The van der Waals surface area contributed by atoms with Gasteiger partial charge >= 0.3 is 0 Å². The van der Waals surface area contributed by atoms with E-state index in [1.807, 2.05) is 0 Å². The van der Waals surface area contributed by atoms with Gasteiger partial charge in [-0.2, -0.15) is 0 Å². The van der Waals surface area contributed by atoms with Gasteiger partial charge in [0.2, 0.25) is 0 Å². The van der Waals surface area contributed by atoms with E-state index in [1.54, 1.807) is 29.6 Å². The molecule has 4 nitrogen and oxygen atoms in total. The predicted octanol–water partition coefficient (Wildman–Crippen LogP) is 3.12. The lowest BCUT2D eigenvalue weighted by Crippen LogP contribution is -2.40. The van der Waals surface area contributed by atoms with Gasteiger partial charge in [0.25, 0.3) is 11.8 Å². The third-order valence-corrected chi connectivity index (χ3v) is 3.78. The summed E-state index contributed by atoms with van der Waals surface area (Å²) < 4.78 is 14.2. The first-order chi connectivity index (χ1) is 10.1. The van der Waals surface area contributed by atoms with E-state index in [-0.39, 0.29) is 5.56 Å². The van der Waals surface area contributed by atoms with Crippen molar-refractivity contribution in [2.75, 3.05) is 0 Å². The lowest BCUT2D eigenvalue weighted by molar-refractivity contribution is -0.117. The smallest absolute Gasteiger partial charge is 0.268 e. The molecule has 1 heterocycles. The van der Waals surface area contributed by atoms with Crippen LogP contribution in [0, 0.1) is 5.82 Å². The van der Waals surface area contributed by atoms with Gasteiger partial charge in [-0.3, -0.25) is 20.4 Å². The summed E-state index contributed by atoms with van der Waals surface area (Å²) in [6, 6.07) is 7.77. The summed E-state index contributed by atoms with van der Waals surface area (Å²) in [7, 11) is 0. The van der Waals surface area contributed by atoms with Crippen LogP contribution in [0.2, 0.25) is 0 Å². The Balaban J connectivity index is 1.91. The highest BCUT2D eigenvalue weighted by molar-refractivity contribution is 9.10. The molecule has 2 amide bonds. The van der Waals surface area contributed by atoms with E-state index in [4.69, 9.17) is 0 Å². The number of amides is 2. The molecule has 0 radical (unpaired) electrons. The van der Waals surface area contributed by atoms with Crippen LogP contribution in [0.5, 0.6) is 0 Å². The number of hydrogen-bond donors (Lipinski definition) is 2. The van der Waals surface area contributed by atoms with Gasteiger partial charge < -0.3 is 0 Å². The van der Waals surface area contributed by atoms with E-state index >= 15 is 0 Å². The normalized spacial score (nSPS) is 10.6. The van der Waals surface area contributed by atoms with Crippen molar-refractivity contribution in [3.63, 3.8) is 0 Å². The number of rotatable bonds is 3. The van der Waals surface area contributed by atoms with Crippen LogP contribution in [0.1, 0.15) is 15.2 Å². The van der Waals surface area contributed by atoms with E-state index in [1.165, 1.54) is 23.5 Å². The van der Waals surface area contributed by atoms with Gasteiger partial charge in [0.15, 0.2) is 0 Å². The van der Waals surface area contributed by atoms with E-state index in [2.05, 4.69) is 26.8 Å². The van der Waals surface area contributed by atoms with E-state index in [0.717, 1.165) is 6.08 Å². The monoisotopic (exact) mass is 368 g/mol. The minimum Gasteiger partial charge on any atom is -0.268 e. The second-order valence-corrected chi connectivity index (χ2v) is 5.78. The second kappa shape index (κ2) is 7.14. The molecule has 0 saturated carbocycles. The number of nitrogens with one attached hydrogen (secondary N) is 2. The van der Waals surface area contributed by atoms with Crippen molar-refractivity contribution in [1.82, 2.24) is 10.9 Å². The maximum Gasteiger partial charge on any atom is 0.279 e. The maximum absolute atomic E-state index is 13.4. The summed E-state index contributed by atoms with van der Waals surface area (Å²) in [4.78, 5) is 23.6. The van der Waals surface area contributed by atoms with Gasteiger partial charge in [0.05, 0.1) is 4.88 Å². The molecule has 2 rings (SSSR count). The molecular weight excluding hydrogens is 359 g/mol. The molecule has 2 aromatic rings. The van der Waals surface area contributed by atoms with Gasteiger partial charge in [-0.1, -0.05) is 22.0 Å². The van der Waals surface area contributed by atoms with Crippen LogP contribution in [0.15, 0.2) is 46.3 Å². The van der Waals surface area contributed by atoms with Gasteiger partial charge in [-0.15, -0.1) is 11.3 Å². The highest BCUT2D eigenvalue weighted by Gasteiger charge is 2.06. The molecule has 0 aliphatic rings. The first kappa shape index (κ1) is 15.4. The van der Waals surface area contributed by atoms with Crippen molar-refractivity contribution in [3.05, 3.63) is 62.5 Å². The molecule has 0 atom stereocenters. The molecule has 1 aromatic carbocycles. The first-order valence-electron chi connectivity index (χ1n) is 5.83. The largest absolute Gasteiger partial charge is 0.279 e. The summed E-state index contributed by atoms with van der Waals surface area (Å²) in [5, 5.41) is 1.76. The van der Waals surface area contributed by atoms with Crippen LogP contribution in [0.25, 0.3) is 6.08 Å². The average Bonchev–Trinajstić information content (AvgIpc) is 3.00. The lowest BCUT2D eigenvalue weighted by atomic mass is 10.2. The fourth-order valence-corrected chi connectivity index (χ4v) is 2.43. The molecule has 0 aliphatic heterocycles. The predicted molar refractivity (Wildman–Crippen MR) is 83.1 cm³/mol. The Morgan fingerprint density at radius 2 is 2.05 bits per heavy atom. The summed E-state index contributed by atoms with van der Waals surface area (Å²) in [5.41, 5.74) is 4.75. The van der Waals surface area contributed by atoms with Gasteiger partial charge in [-0.05, 0) is 35.7 Å². The zero-order valence-corrected chi connectivity index (χ0v) is 13.0. The third-order valence-electron chi connectivity index (χ3n) is 2.42. The van der Waals surface area contributed by atoms with Gasteiger partial charge in [0, 0.05) is 16.1 Å². The number of carbonyl (C=O) groups excluding carboxylic acids is 2. The fourth-order valence-electron chi connectivity index (χ4n) is 1.44. The first-order valence-corrected chi connectivity index (χ1v) is 7.50. The summed E-state index contributed by atoms with van der Waals surface area (Å²) in [6.07, 6.45) is 2.46. The van der Waals surface area contributed by atoms with E-state index in [9.17, 15) is 14.0 Å². The standard InChI is InChI=1S/C14H10BrFN2O2S/c15-10-4-5-11(16)9(8-10)3-6-13(19)17-18-14(20)12-2-1-7-21-12/h1-8H,(H,17,19)(H,18,20)/b6-3+.